The lowest BCUT2D eigenvalue weighted by Gasteiger charge is -2.12. The Morgan fingerprint density at radius 1 is 1.17 bits per heavy atom. The molecule has 0 saturated heterocycles. The molecule has 7 heteroatoms. The van der Waals surface area contributed by atoms with E-state index < -0.39 is 11.9 Å². The van der Waals surface area contributed by atoms with Crippen LogP contribution in [0.3, 0.4) is 0 Å². The fourth-order valence-corrected chi connectivity index (χ4v) is 1.97. The van der Waals surface area contributed by atoms with Crippen LogP contribution in [0, 0.1) is 0 Å². The molecule has 0 aliphatic heterocycles. The summed E-state index contributed by atoms with van der Waals surface area (Å²) in [5.74, 6) is -1.36. The van der Waals surface area contributed by atoms with Gasteiger partial charge >= 0.3 is 11.9 Å². The van der Waals surface area contributed by atoms with Gasteiger partial charge < -0.3 is 14.6 Å². The highest BCUT2D eigenvalue weighted by molar-refractivity contribution is 9.09. The highest BCUT2D eigenvalue weighted by Crippen LogP contribution is 2.22. The Hall–Kier alpha value is -1.89. The van der Waals surface area contributed by atoms with Crippen molar-refractivity contribution in [1.82, 2.24) is 0 Å². The van der Waals surface area contributed by atoms with Gasteiger partial charge in [0.15, 0.2) is 5.78 Å². The van der Waals surface area contributed by atoms with E-state index in [1.54, 1.807) is 6.07 Å². The van der Waals surface area contributed by atoms with Gasteiger partial charge in [-0.05, 0) is 38.0 Å². The van der Waals surface area contributed by atoms with Gasteiger partial charge in [0.2, 0.25) is 0 Å². The van der Waals surface area contributed by atoms with Crippen LogP contribution in [0.4, 0.5) is 0 Å². The van der Waals surface area contributed by atoms with E-state index in [4.69, 9.17) is 14.6 Å². The predicted molar refractivity (Wildman–Crippen MR) is 87.5 cm³/mol. The van der Waals surface area contributed by atoms with E-state index in [0.29, 0.717) is 23.7 Å². The van der Waals surface area contributed by atoms with Gasteiger partial charge in [0.1, 0.15) is 11.3 Å². The van der Waals surface area contributed by atoms with Gasteiger partial charge in [0.25, 0.3) is 0 Å². The lowest BCUT2D eigenvalue weighted by Crippen LogP contribution is -2.11. The normalized spacial score (nSPS) is 10.2. The summed E-state index contributed by atoms with van der Waals surface area (Å²) in [5, 5.41) is 9.32. The van der Waals surface area contributed by atoms with E-state index in [0.717, 1.165) is 0 Å². The van der Waals surface area contributed by atoms with Gasteiger partial charge in [-0.15, -0.1) is 0 Å². The number of hydrogen-bond donors (Lipinski definition) is 1. The first-order valence-electron chi connectivity index (χ1n) is 7.18. The van der Waals surface area contributed by atoms with E-state index in [2.05, 4.69) is 15.9 Å². The lowest BCUT2D eigenvalue weighted by molar-refractivity contribution is -0.137. The molecule has 23 heavy (non-hydrogen) atoms. The standard InChI is InChI=1S/C16H19BrO6/c1-11(18)12-5-6-14(22-8-2-4-15(19)20)13(10-12)16(21)23-9-3-7-17/h5-6,10H,2-4,7-9H2,1H3,(H,19,20). The number of rotatable bonds is 10. The van der Waals surface area contributed by atoms with Crippen molar-refractivity contribution in [3.05, 3.63) is 29.3 Å². The number of Topliss-reactive ketones (excluding diaryl/α,β-unsaturated/α-hetero) is 1. The minimum Gasteiger partial charge on any atom is -0.493 e. The number of hydrogen-bond acceptors (Lipinski definition) is 5. The molecular formula is C16H19BrO6. The first-order valence-corrected chi connectivity index (χ1v) is 8.30. The van der Waals surface area contributed by atoms with E-state index in [9.17, 15) is 14.4 Å². The Kier molecular flexibility index (Phi) is 8.32. The van der Waals surface area contributed by atoms with Gasteiger partial charge in [-0.3, -0.25) is 9.59 Å². The second-order valence-electron chi connectivity index (χ2n) is 4.79. The van der Waals surface area contributed by atoms with Crippen molar-refractivity contribution in [1.29, 1.82) is 0 Å². The van der Waals surface area contributed by atoms with Crippen molar-refractivity contribution < 1.29 is 29.0 Å². The Labute approximate surface area is 142 Å². The topological polar surface area (TPSA) is 89.9 Å². The van der Waals surface area contributed by atoms with Crippen LogP contribution >= 0.6 is 15.9 Å². The molecule has 0 radical (unpaired) electrons. The zero-order chi connectivity index (χ0) is 17.2. The summed E-state index contributed by atoms with van der Waals surface area (Å²) in [5.41, 5.74) is 0.554. The molecule has 0 aliphatic rings. The van der Waals surface area contributed by atoms with Crippen molar-refractivity contribution in [3.8, 4) is 5.75 Å². The van der Waals surface area contributed by atoms with Crippen LogP contribution in [0.25, 0.3) is 0 Å². The fourth-order valence-electron chi connectivity index (χ4n) is 1.74. The summed E-state index contributed by atoms with van der Waals surface area (Å²) in [4.78, 5) is 34.1. The smallest absolute Gasteiger partial charge is 0.341 e. The first kappa shape index (κ1) is 19.2. The molecular weight excluding hydrogens is 368 g/mol. The van der Waals surface area contributed by atoms with Crippen LogP contribution in [0.2, 0.25) is 0 Å². The molecule has 6 nitrogen and oxygen atoms in total. The molecule has 0 spiro atoms. The van der Waals surface area contributed by atoms with Crippen molar-refractivity contribution in [2.24, 2.45) is 0 Å². The second kappa shape index (κ2) is 9.99. The Balaban J connectivity index is 2.83. The van der Waals surface area contributed by atoms with Crippen LogP contribution < -0.4 is 4.74 Å². The summed E-state index contributed by atoms with van der Waals surface area (Å²) in [6.07, 6.45) is 0.978. The number of aliphatic carboxylic acids is 1. The highest BCUT2D eigenvalue weighted by atomic mass is 79.9. The predicted octanol–water partition coefficient (Wildman–Crippen LogP) is 3.07. The molecule has 1 N–H and O–H groups in total. The number of halogens is 1. The maximum atomic E-state index is 12.1. The summed E-state index contributed by atoms with van der Waals surface area (Å²) in [7, 11) is 0. The number of benzene rings is 1. The minimum atomic E-state index is -0.907. The SMILES string of the molecule is CC(=O)c1ccc(OCCCC(=O)O)c(C(=O)OCCCBr)c1. The first-order chi connectivity index (χ1) is 11.0. The van der Waals surface area contributed by atoms with Gasteiger partial charge in [0.05, 0.1) is 13.2 Å². The number of carboxylic acids is 1. The molecule has 0 saturated carbocycles. The second-order valence-corrected chi connectivity index (χ2v) is 5.58. The van der Waals surface area contributed by atoms with Gasteiger partial charge in [-0.1, -0.05) is 15.9 Å². The summed E-state index contributed by atoms with van der Waals surface area (Å²) < 4.78 is 10.6. The molecule has 0 aromatic heterocycles. The number of alkyl halides is 1. The maximum absolute atomic E-state index is 12.1. The molecule has 0 heterocycles. The Bertz CT molecular complexity index is 570. The van der Waals surface area contributed by atoms with Gasteiger partial charge in [-0.2, -0.15) is 0 Å². The van der Waals surface area contributed by atoms with Crippen molar-refractivity contribution >= 4 is 33.7 Å². The number of ketones is 1. The highest BCUT2D eigenvalue weighted by Gasteiger charge is 2.16. The number of carbonyl (C=O) groups excluding carboxylic acids is 2. The maximum Gasteiger partial charge on any atom is 0.341 e. The summed E-state index contributed by atoms with van der Waals surface area (Å²) >= 11 is 3.25. The van der Waals surface area contributed by atoms with E-state index in [1.807, 2.05) is 0 Å². The average molecular weight is 387 g/mol. The zero-order valence-electron chi connectivity index (χ0n) is 12.8. The van der Waals surface area contributed by atoms with Crippen molar-refractivity contribution in [3.63, 3.8) is 0 Å². The zero-order valence-corrected chi connectivity index (χ0v) is 14.4. The van der Waals surface area contributed by atoms with Crippen molar-refractivity contribution in [2.45, 2.75) is 26.2 Å². The molecule has 1 aromatic carbocycles. The van der Waals surface area contributed by atoms with E-state index >= 15 is 0 Å². The molecule has 0 aliphatic carbocycles. The number of ether oxygens (including phenoxy) is 2. The Morgan fingerprint density at radius 2 is 1.91 bits per heavy atom. The Morgan fingerprint density at radius 3 is 2.52 bits per heavy atom. The molecule has 0 unspecified atom stereocenters. The fraction of sp³-hybridized carbons (Fsp3) is 0.438. The average Bonchev–Trinajstić information content (AvgIpc) is 2.51. The monoisotopic (exact) mass is 386 g/mol. The molecule has 1 aromatic rings. The lowest BCUT2D eigenvalue weighted by atomic mass is 10.1. The van der Waals surface area contributed by atoms with Gasteiger partial charge in [0, 0.05) is 17.3 Å². The molecule has 0 fully saturated rings. The molecule has 126 valence electrons. The van der Waals surface area contributed by atoms with Crippen LogP contribution in [0.15, 0.2) is 18.2 Å². The van der Waals surface area contributed by atoms with Crippen molar-refractivity contribution in [2.75, 3.05) is 18.5 Å². The van der Waals surface area contributed by atoms with Crippen LogP contribution in [0.1, 0.15) is 46.9 Å². The third-order valence-electron chi connectivity index (χ3n) is 2.91. The number of carboxylic acid groups (broad SMARTS) is 1. The summed E-state index contributed by atoms with van der Waals surface area (Å²) in [6, 6.07) is 4.52. The van der Waals surface area contributed by atoms with Crippen LogP contribution in [-0.2, 0) is 9.53 Å². The van der Waals surface area contributed by atoms with Gasteiger partial charge in [-0.25, -0.2) is 4.79 Å². The van der Waals surface area contributed by atoms with Crippen LogP contribution in [-0.4, -0.2) is 41.4 Å². The third kappa shape index (κ3) is 6.81. The molecule has 1 rings (SSSR count). The third-order valence-corrected chi connectivity index (χ3v) is 3.47. The molecule has 0 atom stereocenters. The number of esters is 1. The largest absolute Gasteiger partial charge is 0.493 e. The quantitative estimate of drug-likeness (QED) is 0.287. The molecule has 0 bridgehead atoms. The van der Waals surface area contributed by atoms with Crippen LogP contribution in [0.5, 0.6) is 5.75 Å². The molecule has 0 amide bonds. The van der Waals surface area contributed by atoms with E-state index in [1.165, 1.54) is 19.1 Å². The summed E-state index contributed by atoms with van der Waals surface area (Å²) in [6.45, 7) is 1.82. The number of carbonyl (C=O) groups is 3. The minimum absolute atomic E-state index is 0.0173. The van der Waals surface area contributed by atoms with E-state index in [-0.39, 0.29) is 36.7 Å².